The molecule has 108 valence electrons. The lowest BCUT2D eigenvalue weighted by Gasteiger charge is -2.33. The Balaban J connectivity index is 2.18. The van der Waals surface area contributed by atoms with Crippen molar-refractivity contribution in [2.45, 2.75) is 57.1 Å². The van der Waals surface area contributed by atoms with Gasteiger partial charge in [0.15, 0.2) is 0 Å². The van der Waals surface area contributed by atoms with Crippen molar-refractivity contribution in [1.29, 1.82) is 0 Å². The zero-order chi connectivity index (χ0) is 13.7. The van der Waals surface area contributed by atoms with Gasteiger partial charge in [-0.2, -0.15) is 4.98 Å². The number of aliphatic hydroxyl groups is 1. The molecule has 0 saturated heterocycles. The molecule has 0 aliphatic heterocycles. The molecule has 1 aromatic heterocycles. The minimum atomic E-state index is -0.409. The van der Waals surface area contributed by atoms with Gasteiger partial charge in [-0.05, 0) is 26.2 Å². The maximum Gasteiger partial charge on any atom is 0.243 e. The van der Waals surface area contributed by atoms with Gasteiger partial charge in [0.1, 0.15) is 5.60 Å². The maximum atomic E-state index is 8.89. The van der Waals surface area contributed by atoms with Crippen LogP contribution in [-0.4, -0.2) is 28.5 Å². The van der Waals surface area contributed by atoms with E-state index in [2.05, 4.69) is 10.1 Å². The Morgan fingerprint density at radius 1 is 1.42 bits per heavy atom. The molecule has 2 rings (SSSR count). The molecule has 1 unspecified atom stereocenters. The Morgan fingerprint density at radius 3 is 2.79 bits per heavy atom. The monoisotopic (exact) mass is 269 g/mol. The number of nitrogens with two attached hydrogens (primary N) is 1. The van der Waals surface area contributed by atoms with E-state index in [9.17, 15) is 0 Å². The summed E-state index contributed by atoms with van der Waals surface area (Å²) in [6, 6.07) is -0.409. The van der Waals surface area contributed by atoms with Crippen LogP contribution in [0.3, 0.4) is 0 Å². The third-order valence-corrected chi connectivity index (χ3v) is 3.69. The summed E-state index contributed by atoms with van der Waals surface area (Å²) in [4.78, 5) is 4.40. The number of hydrogen-bond acceptors (Lipinski definition) is 6. The van der Waals surface area contributed by atoms with E-state index in [0.717, 1.165) is 25.7 Å². The summed E-state index contributed by atoms with van der Waals surface area (Å²) in [5.41, 5.74) is 5.46. The van der Waals surface area contributed by atoms with E-state index >= 15 is 0 Å². The molecule has 1 fully saturated rings. The summed E-state index contributed by atoms with van der Waals surface area (Å²) in [5, 5.41) is 13.0. The second kappa shape index (κ2) is 6.45. The maximum absolute atomic E-state index is 8.89. The molecular weight excluding hydrogens is 246 g/mol. The van der Waals surface area contributed by atoms with Gasteiger partial charge in [0.2, 0.25) is 11.7 Å². The first-order valence-electron chi connectivity index (χ1n) is 7.06. The summed E-state index contributed by atoms with van der Waals surface area (Å²) >= 11 is 0. The van der Waals surface area contributed by atoms with E-state index in [4.69, 9.17) is 20.1 Å². The van der Waals surface area contributed by atoms with E-state index in [1.165, 1.54) is 6.42 Å². The van der Waals surface area contributed by atoms with Crippen LogP contribution < -0.4 is 5.73 Å². The quantitative estimate of drug-likeness (QED) is 0.815. The molecule has 1 aromatic rings. The zero-order valence-electron chi connectivity index (χ0n) is 11.5. The summed E-state index contributed by atoms with van der Waals surface area (Å²) in [7, 11) is 0. The minimum absolute atomic E-state index is 0.00941. The molecule has 0 spiro atoms. The van der Waals surface area contributed by atoms with Crippen molar-refractivity contribution < 1.29 is 14.4 Å². The van der Waals surface area contributed by atoms with Gasteiger partial charge in [-0.25, -0.2) is 0 Å². The topological polar surface area (TPSA) is 94.4 Å². The molecule has 1 aliphatic carbocycles. The molecule has 3 N–H and O–H groups in total. The smallest absolute Gasteiger partial charge is 0.243 e. The van der Waals surface area contributed by atoms with E-state index in [-0.39, 0.29) is 6.61 Å². The molecule has 1 heterocycles. The fourth-order valence-electron chi connectivity index (χ4n) is 2.67. The Hall–Kier alpha value is -0.980. The van der Waals surface area contributed by atoms with Crippen molar-refractivity contribution in [3.63, 3.8) is 0 Å². The van der Waals surface area contributed by atoms with Gasteiger partial charge in [-0.15, -0.1) is 0 Å². The molecule has 0 radical (unpaired) electrons. The Morgan fingerprint density at radius 2 is 2.16 bits per heavy atom. The van der Waals surface area contributed by atoms with E-state index in [0.29, 0.717) is 24.7 Å². The Bertz CT molecular complexity index is 383. The number of rotatable bonds is 6. The standard InChI is InChI=1S/C13H23N3O3/c1-2-18-13(7-4-3-5-8-13)12-15-11(19-16-12)10(14)6-9-17/h10,17H,2-9,14H2,1H3. The Kier molecular flexibility index (Phi) is 4.90. The lowest BCUT2D eigenvalue weighted by atomic mass is 9.84. The second-order valence-corrected chi connectivity index (χ2v) is 5.06. The molecule has 0 bridgehead atoms. The third kappa shape index (κ3) is 3.13. The van der Waals surface area contributed by atoms with Crippen molar-refractivity contribution in [3.8, 4) is 0 Å². The predicted octanol–water partition coefficient (Wildman–Crippen LogP) is 1.65. The highest BCUT2D eigenvalue weighted by molar-refractivity contribution is 5.04. The van der Waals surface area contributed by atoms with E-state index in [1.807, 2.05) is 6.92 Å². The third-order valence-electron chi connectivity index (χ3n) is 3.69. The average molecular weight is 269 g/mol. The highest BCUT2D eigenvalue weighted by Gasteiger charge is 2.39. The van der Waals surface area contributed by atoms with Gasteiger partial charge in [0.05, 0.1) is 6.04 Å². The number of nitrogens with zero attached hydrogens (tertiary/aromatic N) is 2. The average Bonchev–Trinajstić information content (AvgIpc) is 2.91. The Labute approximate surface area is 113 Å². The molecule has 1 saturated carbocycles. The highest BCUT2D eigenvalue weighted by atomic mass is 16.5. The van der Waals surface area contributed by atoms with Gasteiger partial charge in [0.25, 0.3) is 0 Å². The summed E-state index contributed by atoms with van der Waals surface area (Å²) in [5.74, 6) is 0.992. The molecule has 0 amide bonds. The van der Waals surface area contributed by atoms with Gasteiger partial charge in [0, 0.05) is 13.2 Å². The van der Waals surface area contributed by atoms with Gasteiger partial charge in [-0.3, -0.25) is 0 Å². The van der Waals surface area contributed by atoms with Gasteiger partial charge in [-0.1, -0.05) is 24.4 Å². The fourth-order valence-corrected chi connectivity index (χ4v) is 2.67. The number of aromatic nitrogens is 2. The highest BCUT2D eigenvalue weighted by Crippen LogP contribution is 2.39. The van der Waals surface area contributed by atoms with Crippen molar-refractivity contribution in [1.82, 2.24) is 10.1 Å². The molecular formula is C13H23N3O3. The first-order valence-corrected chi connectivity index (χ1v) is 7.06. The first-order chi connectivity index (χ1) is 9.22. The summed E-state index contributed by atoms with van der Waals surface area (Å²) in [6.07, 6.45) is 5.73. The van der Waals surface area contributed by atoms with Crippen LogP contribution in [0.5, 0.6) is 0 Å². The normalized spacial score (nSPS) is 20.4. The fraction of sp³-hybridized carbons (Fsp3) is 0.846. The van der Waals surface area contributed by atoms with Gasteiger partial charge >= 0.3 is 0 Å². The SMILES string of the molecule is CCOC1(c2noc(C(N)CCO)n2)CCCCC1. The molecule has 19 heavy (non-hydrogen) atoms. The van der Waals surface area contributed by atoms with Crippen molar-refractivity contribution in [3.05, 3.63) is 11.7 Å². The molecule has 1 aliphatic rings. The number of hydrogen-bond donors (Lipinski definition) is 2. The first kappa shape index (κ1) is 14.4. The van der Waals surface area contributed by atoms with Crippen molar-refractivity contribution in [2.24, 2.45) is 5.73 Å². The summed E-state index contributed by atoms with van der Waals surface area (Å²) in [6.45, 7) is 2.62. The largest absolute Gasteiger partial charge is 0.396 e. The summed E-state index contributed by atoms with van der Waals surface area (Å²) < 4.78 is 11.2. The van der Waals surface area contributed by atoms with Gasteiger partial charge < -0.3 is 20.1 Å². The number of aliphatic hydroxyl groups excluding tert-OH is 1. The van der Waals surface area contributed by atoms with E-state index in [1.54, 1.807) is 0 Å². The van der Waals surface area contributed by atoms with Crippen LogP contribution in [0.25, 0.3) is 0 Å². The second-order valence-electron chi connectivity index (χ2n) is 5.06. The van der Waals surface area contributed by atoms with Crippen LogP contribution in [0.1, 0.15) is 63.2 Å². The minimum Gasteiger partial charge on any atom is -0.396 e. The molecule has 1 atom stereocenters. The number of ether oxygens (including phenoxy) is 1. The molecule has 0 aromatic carbocycles. The zero-order valence-corrected chi connectivity index (χ0v) is 11.5. The van der Waals surface area contributed by atoms with Crippen LogP contribution in [0.2, 0.25) is 0 Å². The van der Waals surface area contributed by atoms with Crippen LogP contribution in [0.4, 0.5) is 0 Å². The molecule has 6 heteroatoms. The lowest BCUT2D eigenvalue weighted by Crippen LogP contribution is -2.33. The van der Waals surface area contributed by atoms with E-state index < -0.39 is 11.6 Å². The van der Waals surface area contributed by atoms with Crippen LogP contribution in [0.15, 0.2) is 4.52 Å². The van der Waals surface area contributed by atoms with Crippen LogP contribution in [-0.2, 0) is 10.3 Å². The predicted molar refractivity (Wildman–Crippen MR) is 69.3 cm³/mol. The van der Waals surface area contributed by atoms with Crippen molar-refractivity contribution in [2.75, 3.05) is 13.2 Å². The van der Waals surface area contributed by atoms with Crippen molar-refractivity contribution >= 4 is 0 Å². The van der Waals surface area contributed by atoms with Crippen LogP contribution in [0, 0.1) is 0 Å². The lowest BCUT2D eigenvalue weighted by molar-refractivity contribution is -0.0777. The molecule has 6 nitrogen and oxygen atoms in total. The van der Waals surface area contributed by atoms with Crippen LogP contribution >= 0.6 is 0 Å².